The van der Waals surface area contributed by atoms with Gasteiger partial charge in [-0.15, -0.1) is 0 Å². The first-order valence-corrected chi connectivity index (χ1v) is 8.65. The average molecular weight is 302 g/mol. The first-order valence-electron chi connectivity index (χ1n) is 8.65. The van der Waals surface area contributed by atoms with Gasteiger partial charge in [0.05, 0.1) is 0 Å². The van der Waals surface area contributed by atoms with Crippen LogP contribution in [0.1, 0.15) is 60.8 Å². The maximum atomic E-state index is 11.6. The van der Waals surface area contributed by atoms with Crippen molar-refractivity contribution >= 4 is 5.91 Å². The fourth-order valence-electron chi connectivity index (χ4n) is 1.59. The van der Waals surface area contributed by atoms with E-state index in [1.54, 1.807) is 0 Å². The number of nitrogens with zero attached hydrogens (tertiary/aromatic N) is 1. The van der Waals surface area contributed by atoms with Gasteiger partial charge in [-0.25, -0.2) is 0 Å². The number of nitrogens with two attached hydrogens (primary N) is 1. The van der Waals surface area contributed by atoms with Crippen molar-refractivity contribution in [2.45, 2.75) is 60.8 Å². The Balaban J connectivity index is 0. The van der Waals surface area contributed by atoms with Crippen LogP contribution in [0.15, 0.2) is 0 Å². The van der Waals surface area contributed by atoms with Gasteiger partial charge in [-0.3, -0.25) is 4.79 Å². The Morgan fingerprint density at radius 2 is 1.57 bits per heavy atom. The third-order valence-corrected chi connectivity index (χ3v) is 3.92. The van der Waals surface area contributed by atoms with E-state index in [0.29, 0.717) is 18.3 Å². The van der Waals surface area contributed by atoms with Crippen LogP contribution in [0.4, 0.5) is 0 Å². The first-order chi connectivity index (χ1) is 9.96. The minimum Gasteiger partial charge on any atom is -0.343 e. The van der Waals surface area contributed by atoms with Crippen molar-refractivity contribution in [2.75, 3.05) is 32.7 Å². The maximum absolute atomic E-state index is 11.6. The van der Waals surface area contributed by atoms with E-state index in [1.807, 2.05) is 18.7 Å². The number of hydrogen-bond donors (Lipinski definition) is 2. The van der Waals surface area contributed by atoms with Gasteiger partial charge in [-0.05, 0) is 38.8 Å². The molecule has 4 heteroatoms. The fraction of sp³-hybridized carbons (Fsp3) is 0.941. The van der Waals surface area contributed by atoms with Crippen LogP contribution in [-0.4, -0.2) is 43.5 Å². The highest BCUT2D eigenvalue weighted by Crippen LogP contribution is 1.98. The summed E-state index contributed by atoms with van der Waals surface area (Å²) < 4.78 is 0. The zero-order valence-electron chi connectivity index (χ0n) is 15.2. The molecule has 0 aliphatic carbocycles. The second kappa shape index (κ2) is 15.8. The molecule has 0 heterocycles. The van der Waals surface area contributed by atoms with Gasteiger partial charge >= 0.3 is 0 Å². The lowest BCUT2D eigenvalue weighted by molar-refractivity contribution is -0.130. The molecule has 21 heavy (non-hydrogen) atoms. The molecule has 0 saturated heterocycles. The van der Waals surface area contributed by atoms with Crippen LogP contribution in [-0.2, 0) is 4.79 Å². The molecule has 0 radical (unpaired) electrons. The quantitative estimate of drug-likeness (QED) is 0.610. The summed E-state index contributed by atoms with van der Waals surface area (Å²) in [5.74, 6) is 1.68. The molecule has 0 bridgehead atoms. The van der Waals surface area contributed by atoms with Gasteiger partial charge in [0.15, 0.2) is 0 Å². The van der Waals surface area contributed by atoms with Crippen molar-refractivity contribution in [3.05, 3.63) is 0 Å². The summed E-state index contributed by atoms with van der Waals surface area (Å²) in [6.07, 6.45) is 3.02. The Bertz CT molecular complexity index is 226. The third-order valence-electron chi connectivity index (χ3n) is 3.92. The zero-order chi connectivity index (χ0) is 16.7. The lowest BCUT2D eigenvalue weighted by atomic mass is 10.1. The molecule has 2 atom stereocenters. The number of carbonyl (C=O) groups excluding carboxylic acids is 1. The normalized spacial score (nSPS) is 13.1. The van der Waals surface area contributed by atoms with Gasteiger partial charge in [0, 0.05) is 26.1 Å². The molecule has 128 valence electrons. The number of amides is 1. The van der Waals surface area contributed by atoms with Crippen molar-refractivity contribution in [3.63, 3.8) is 0 Å². The van der Waals surface area contributed by atoms with Gasteiger partial charge < -0.3 is 16.0 Å². The summed E-state index contributed by atoms with van der Waals surface area (Å²) in [6.45, 7) is 17.0. The minimum atomic E-state index is 0.261. The van der Waals surface area contributed by atoms with Crippen molar-refractivity contribution in [1.82, 2.24) is 10.2 Å². The highest BCUT2D eigenvalue weighted by atomic mass is 16.2. The van der Waals surface area contributed by atoms with E-state index in [2.05, 4.69) is 33.0 Å². The van der Waals surface area contributed by atoms with E-state index in [4.69, 9.17) is 5.73 Å². The molecule has 0 aliphatic rings. The number of carbonyl (C=O) groups is 1. The number of rotatable bonds is 10. The summed E-state index contributed by atoms with van der Waals surface area (Å²) in [5.41, 5.74) is 5.28. The van der Waals surface area contributed by atoms with Crippen LogP contribution in [0.25, 0.3) is 0 Å². The van der Waals surface area contributed by atoms with Crippen LogP contribution in [0.2, 0.25) is 0 Å². The molecule has 0 saturated carbocycles. The van der Waals surface area contributed by atoms with Crippen LogP contribution in [0.5, 0.6) is 0 Å². The Hall–Kier alpha value is -0.610. The molecule has 0 fully saturated rings. The third kappa shape index (κ3) is 14.1. The highest BCUT2D eigenvalue weighted by molar-refractivity contribution is 5.76. The van der Waals surface area contributed by atoms with Crippen LogP contribution < -0.4 is 11.1 Å². The minimum absolute atomic E-state index is 0.261. The predicted molar refractivity (Wildman–Crippen MR) is 93.4 cm³/mol. The SMILES string of the molecule is CCC(C)CN.CCC(C)CNCCC(=O)N(CC)CC. The molecule has 2 unspecified atom stereocenters. The van der Waals surface area contributed by atoms with E-state index in [1.165, 1.54) is 12.8 Å². The lowest BCUT2D eigenvalue weighted by Gasteiger charge is -2.18. The van der Waals surface area contributed by atoms with Gasteiger partial charge in [-0.1, -0.05) is 40.5 Å². The summed E-state index contributed by atoms with van der Waals surface area (Å²) in [7, 11) is 0. The molecule has 0 aromatic carbocycles. The number of hydrogen-bond acceptors (Lipinski definition) is 3. The topological polar surface area (TPSA) is 58.4 Å². The summed E-state index contributed by atoms with van der Waals surface area (Å²) >= 11 is 0. The molecular weight excluding hydrogens is 262 g/mol. The second-order valence-electron chi connectivity index (χ2n) is 5.78. The Kier molecular flexibility index (Phi) is 17.0. The zero-order valence-corrected chi connectivity index (χ0v) is 15.2. The van der Waals surface area contributed by atoms with E-state index < -0.39 is 0 Å². The molecule has 0 aromatic heterocycles. The van der Waals surface area contributed by atoms with Crippen LogP contribution in [0.3, 0.4) is 0 Å². The second-order valence-corrected chi connectivity index (χ2v) is 5.78. The lowest BCUT2D eigenvalue weighted by Crippen LogP contribution is -2.33. The molecular formula is C17H39N3O. The van der Waals surface area contributed by atoms with E-state index in [9.17, 15) is 4.79 Å². The summed E-state index contributed by atoms with van der Waals surface area (Å²) in [6, 6.07) is 0. The molecule has 0 spiro atoms. The smallest absolute Gasteiger partial charge is 0.223 e. The number of nitrogens with one attached hydrogen (secondary N) is 1. The molecule has 0 aliphatic heterocycles. The highest BCUT2D eigenvalue weighted by Gasteiger charge is 2.08. The standard InChI is InChI=1S/C12H26N2O.C5H13N/c1-5-11(4)10-13-9-8-12(15)14(6-2)7-3;1-3-5(2)4-6/h11,13H,5-10H2,1-4H3;5H,3-4,6H2,1-2H3. The molecule has 3 N–H and O–H groups in total. The van der Waals surface area contributed by atoms with Crippen molar-refractivity contribution in [3.8, 4) is 0 Å². The van der Waals surface area contributed by atoms with Gasteiger partial charge in [0.1, 0.15) is 0 Å². The first kappa shape index (κ1) is 22.7. The predicted octanol–water partition coefficient (Wildman–Crippen LogP) is 2.87. The maximum Gasteiger partial charge on any atom is 0.223 e. The monoisotopic (exact) mass is 301 g/mol. The van der Waals surface area contributed by atoms with Gasteiger partial charge in [0.25, 0.3) is 0 Å². The average Bonchev–Trinajstić information content (AvgIpc) is 2.52. The Morgan fingerprint density at radius 1 is 1.05 bits per heavy atom. The molecule has 4 nitrogen and oxygen atoms in total. The summed E-state index contributed by atoms with van der Waals surface area (Å²) in [4.78, 5) is 13.5. The van der Waals surface area contributed by atoms with Crippen LogP contribution >= 0.6 is 0 Å². The molecule has 0 aromatic rings. The fourth-order valence-corrected chi connectivity index (χ4v) is 1.59. The van der Waals surface area contributed by atoms with E-state index >= 15 is 0 Å². The van der Waals surface area contributed by atoms with Gasteiger partial charge in [0.2, 0.25) is 5.91 Å². The molecule has 0 rings (SSSR count). The largest absolute Gasteiger partial charge is 0.343 e. The van der Waals surface area contributed by atoms with E-state index in [0.717, 1.165) is 32.7 Å². The van der Waals surface area contributed by atoms with Crippen molar-refractivity contribution in [1.29, 1.82) is 0 Å². The van der Waals surface area contributed by atoms with E-state index in [-0.39, 0.29) is 5.91 Å². The van der Waals surface area contributed by atoms with Crippen molar-refractivity contribution in [2.24, 2.45) is 17.6 Å². The van der Waals surface area contributed by atoms with Gasteiger partial charge in [-0.2, -0.15) is 0 Å². The Labute approximate surface area is 132 Å². The molecule has 1 amide bonds. The Morgan fingerprint density at radius 3 is 1.90 bits per heavy atom. The summed E-state index contributed by atoms with van der Waals surface area (Å²) in [5, 5.41) is 3.32. The van der Waals surface area contributed by atoms with Crippen molar-refractivity contribution < 1.29 is 4.79 Å². The van der Waals surface area contributed by atoms with Crippen LogP contribution in [0, 0.1) is 11.8 Å².